The van der Waals surface area contributed by atoms with Crippen molar-refractivity contribution in [3.8, 4) is 0 Å². The van der Waals surface area contributed by atoms with Crippen LogP contribution in [0, 0.1) is 0 Å². The first kappa shape index (κ1) is 9.00. The van der Waals surface area contributed by atoms with Crippen molar-refractivity contribution in [1.29, 1.82) is 0 Å². The summed E-state index contributed by atoms with van der Waals surface area (Å²) in [5.41, 5.74) is 1.37. The van der Waals surface area contributed by atoms with Gasteiger partial charge in [-0.05, 0) is 12.0 Å². The van der Waals surface area contributed by atoms with Crippen molar-refractivity contribution in [2.24, 2.45) is 0 Å². The Bertz CT molecular complexity index is 194. The predicted molar refractivity (Wildman–Crippen MR) is 56.6 cm³/mol. The van der Waals surface area contributed by atoms with Crippen LogP contribution >= 0.6 is 22.9 Å². The maximum atomic E-state index is 3.24. The van der Waals surface area contributed by atoms with Gasteiger partial charge in [0.15, 0.2) is 0 Å². The lowest BCUT2D eigenvalue weighted by Gasteiger charge is -2.11. The van der Waals surface area contributed by atoms with Crippen molar-refractivity contribution in [3.63, 3.8) is 0 Å². The monoisotopic (exact) mass is 261 g/mol. The van der Waals surface area contributed by atoms with E-state index in [4.69, 9.17) is 0 Å². The first-order valence-electron chi connectivity index (χ1n) is 3.79. The molecule has 1 nitrogen and oxygen atoms in total. The molecular formula is C9H12IN. The average molecular weight is 261 g/mol. The average Bonchev–Trinajstić information content (AvgIpc) is 2.09. The molecule has 60 valence electrons. The first-order chi connectivity index (χ1) is 5.38. The second-order valence-electron chi connectivity index (χ2n) is 2.48. The van der Waals surface area contributed by atoms with E-state index in [1.54, 1.807) is 0 Å². The second-order valence-corrected chi connectivity index (χ2v) is 3.10. The van der Waals surface area contributed by atoms with E-state index in [0.29, 0.717) is 6.04 Å². The molecule has 0 fully saturated rings. The molecule has 0 spiro atoms. The smallest absolute Gasteiger partial charge is 0.0410 e. The molecule has 1 aromatic carbocycles. The molecule has 11 heavy (non-hydrogen) atoms. The number of rotatable bonds is 3. The highest BCUT2D eigenvalue weighted by Crippen LogP contribution is 2.16. The van der Waals surface area contributed by atoms with Crippen molar-refractivity contribution in [2.75, 3.05) is 0 Å². The maximum absolute atomic E-state index is 3.24. The van der Waals surface area contributed by atoms with Gasteiger partial charge in [0.1, 0.15) is 0 Å². The van der Waals surface area contributed by atoms with Crippen molar-refractivity contribution in [2.45, 2.75) is 19.4 Å². The van der Waals surface area contributed by atoms with Crippen LogP contribution in [0.5, 0.6) is 0 Å². The number of halogens is 1. The van der Waals surface area contributed by atoms with Gasteiger partial charge in [-0.15, -0.1) is 0 Å². The minimum absolute atomic E-state index is 0.497. The fraction of sp³-hybridized carbons (Fsp3) is 0.333. The summed E-state index contributed by atoms with van der Waals surface area (Å²) in [6.45, 7) is 2.18. The summed E-state index contributed by atoms with van der Waals surface area (Å²) < 4.78 is 3.24. The molecular weight excluding hydrogens is 249 g/mol. The fourth-order valence-corrected chi connectivity index (χ4v) is 1.86. The molecule has 0 aliphatic heterocycles. The van der Waals surface area contributed by atoms with Gasteiger partial charge < -0.3 is 0 Å². The molecule has 0 radical (unpaired) electrons. The highest BCUT2D eigenvalue weighted by molar-refractivity contribution is 14.1. The molecule has 2 heteroatoms. The van der Waals surface area contributed by atoms with Crippen LogP contribution in [0.25, 0.3) is 0 Å². The molecule has 0 saturated carbocycles. The lowest BCUT2D eigenvalue weighted by atomic mass is 10.1. The lowest BCUT2D eigenvalue weighted by molar-refractivity contribution is 0.669. The van der Waals surface area contributed by atoms with Gasteiger partial charge in [0, 0.05) is 28.9 Å². The van der Waals surface area contributed by atoms with E-state index >= 15 is 0 Å². The van der Waals surface area contributed by atoms with E-state index in [9.17, 15) is 0 Å². The highest BCUT2D eigenvalue weighted by atomic mass is 127. The number of nitrogens with one attached hydrogen (secondary N) is 1. The minimum Gasteiger partial charge on any atom is -0.254 e. The van der Waals surface area contributed by atoms with Crippen LogP contribution in [-0.2, 0) is 0 Å². The molecule has 1 rings (SSSR count). The summed E-state index contributed by atoms with van der Waals surface area (Å²) in [5.74, 6) is 0. The molecule has 0 bridgehead atoms. The van der Waals surface area contributed by atoms with Crippen molar-refractivity contribution in [1.82, 2.24) is 3.53 Å². The number of hydrogen-bond acceptors (Lipinski definition) is 1. The summed E-state index contributed by atoms with van der Waals surface area (Å²) in [6.07, 6.45) is 1.13. The molecule has 1 N–H and O–H groups in total. The third-order valence-electron chi connectivity index (χ3n) is 1.74. The zero-order valence-electron chi connectivity index (χ0n) is 6.55. The summed E-state index contributed by atoms with van der Waals surface area (Å²) in [4.78, 5) is 0. The van der Waals surface area contributed by atoms with Crippen molar-refractivity contribution in [3.05, 3.63) is 35.9 Å². The Morgan fingerprint density at radius 3 is 2.45 bits per heavy atom. The molecule has 1 unspecified atom stereocenters. The Hall–Kier alpha value is -0.0900. The minimum atomic E-state index is 0.497. The normalized spacial score (nSPS) is 12.9. The van der Waals surface area contributed by atoms with Gasteiger partial charge >= 0.3 is 0 Å². The van der Waals surface area contributed by atoms with E-state index in [-0.39, 0.29) is 0 Å². The predicted octanol–water partition coefficient (Wildman–Crippen LogP) is 3.08. The second kappa shape index (κ2) is 4.72. The van der Waals surface area contributed by atoms with Gasteiger partial charge in [-0.3, -0.25) is 3.53 Å². The lowest BCUT2D eigenvalue weighted by Crippen LogP contribution is -2.08. The highest BCUT2D eigenvalue weighted by Gasteiger charge is 2.04. The van der Waals surface area contributed by atoms with Crippen LogP contribution in [0.1, 0.15) is 24.9 Å². The van der Waals surface area contributed by atoms with Crippen LogP contribution in [0.4, 0.5) is 0 Å². The van der Waals surface area contributed by atoms with Crippen LogP contribution in [0.3, 0.4) is 0 Å². The van der Waals surface area contributed by atoms with Gasteiger partial charge in [-0.25, -0.2) is 0 Å². The Kier molecular flexibility index (Phi) is 3.86. The van der Waals surface area contributed by atoms with E-state index < -0.39 is 0 Å². The van der Waals surface area contributed by atoms with Gasteiger partial charge in [-0.1, -0.05) is 37.3 Å². The summed E-state index contributed by atoms with van der Waals surface area (Å²) in [5, 5.41) is 0. The summed E-state index contributed by atoms with van der Waals surface area (Å²) in [7, 11) is 0. The zero-order valence-corrected chi connectivity index (χ0v) is 8.71. The Labute approximate surface area is 81.7 Å². The molecule has 0 aliphatic carbocycles. The zero-order chi connectivity index (χ0) is 8.10. The molecule has 0 saturated heterocycles. The largest absolute Gasteiger partial charge is 0.254 e. The van der Waals surface area contributed by atoms with Crippen LogP contribution in [0.15, 0.2) is 30.3 Å². The number of hydrogen-bond donors (Lipinski definition) is 1. The van der Waals surface area contributed by atoms with Crippen molar-refractivity contribution >= 4 is 22.9 Å². The topological polar surface area (TPSA) is 12.0 Å². The van der Waals surface area contributed by atoms with E-state index in [2.05, 4.69) is 57.6 Å². The molecule has 0 aliphatic rings. The first-order valence-corrected chi connectivity index (χ1v) is 4.87. The Morgan fingerprint density at radius 2 is 2.00 bits per heavy atom. The third-order valence-corrected chi connectivity index (χ3v) is 2.49. The van der Waals surface area contributed by atoms with Gasteiger partial charge in [-0.2, -0.15) is 0 Å². The summed E-state index contributed by atoms with van der Waals surface area (Å²) >= 11 is 2.20. The molecule has 0 amide bonds. The van der Waals surface area contributed by atoms with Gasteiger partial charge in [0.25, 0.3) is 0 Å². The Balaban J connectivity index is 2.74. The van der Waals surface area contributed by atoms with E-state index in [0.717, 1.165) is 6.42 Å². The molecule has 1 aromatic rings. The quantitative estimate of drug-likeness (QED) is 0.651. The fourth-order valence-electron chi connectivity index (χ4n) is 1.06. The third kappa shape index (κ3) is 2.45. The van der Waals surface area contributed by atoms with Crippen LogP contribution in [0.2, 0.25) is 0 Å². The molecule has 1 atom stereocenters. The molecule has 0 aromatic heterocycles. The van der Waals surface area contributed by atoms with Gasteiger partial charge in [0.2, 0.25) is 0 Å². The van der Waals surface area contributed by atoms with E-state index in [1.807, 2.05) is 6.07 Å². The van der Waals surface area contributed by atoms with Crippen molar-refractivity contribution < 1.29 is 0 Å². The Morgan fingerprint density at radius 1 is 1.36 bits per heavy atom. The molecule has 0 heterocycles. The van der Waals surface area contributed by atoms with Crippen LogP contribution < -0.4 is 3.53 Å². The summed E-state index contributed by atoms with van der Waals surface area (Å²) in [6, 6.07) is 11.0. The maximum Gasteiger partial charge on any atom is 0.0410 e. The van der Waals surface area contributed by atoms with E-state index in [1.165, 1.54) is 5.56 Å². The number of benzene rings is 1. The standard InChI is InChI=1S/C9H12IN/c1-2-9(11-10)8-6-4-3-5-7-8/h3-7,9,11H,2H2,1H3. The van der Waals surface area contributed by atoms with Crippen LogP contribution in [-0.4, -0.2) is 0 Å². The van der Waals surface area contributed by atoms with Gasteiger partial charge in [0.05, 0.1) is 0 Å². The SMILES string of the molecule is CCC(NI)c1ccccc1.